The molecule has 14 heteroatoms. The van der Waals surface area contributed by atoms with Crippen LogP contribution in [0, 0.1) is 0 Å². The highest BCUT2D eigenvalue weighted by Crippen LogP contribution is 2.47. The summed E-state index contributed by atoms with van der Waals surface area (Å²) in [4.78, 5) is 23.6. The molecule has 1 N–H and O–H groups in total. The number of hydrogen-bond donors (Lipinski definition) is 1. The van der Waals surface area contributed by atoms with Crippen molar-refractivity contribution in [2.24, 2.45) is 0 Å². The minimum Gasteiger partial charge on any atom is -0.748 e. The number of halogens is 6. The van der Waals surface area contributed by atoms with Crippen LogP contribution in [0.3, 0.4) is 0 Å². The average molecular weight is 459 g/mol. The van der Waals surface area contributed by atoms with Crippen molar-refractivity contribution in [3.05, 3.63) is 47.5 Å². The maximum atomic E-state index is 13.3. The standard InChI is InChI=1S/C16H10F6O7S/c17-15(18,19)14(16(20,21)22,7-30(26,27)28)29-13(25)11-6-9-4-2-1-3-8(9)5-10(11)12(23)24/h1-6H,7H2,(H,23,24)(H,26,27,28)/p-1. The predicted octanol–water partition coefficient (Wildman–Crippen LogP) is 3.10. The highest BCUT2D eigenvalue weighted by Gasteiger charge is 2.75. The zero-order chi connectivity index (χ0) is 23.1. The molecule has 0 fully saturated rings. The van der Waals surface area contributed by atoms with E-state index in [-0.39, 0.29) is 10.8 Å². The Kier molecular flexibility index (Phi) is 5.80. The first-order valence-electron chi connectivity index (χ1n) is 7.55. The van der Waals surface area contributed by atoms with Gasteiger partial charge in [0.1, 0.15) is 0 Å². The van der Waals surface area contributed by atoms with Gasteiger partial charge in [-0.05, 0) is 22.9 Å². The highest BCUT2D eigenvalue weighted by molar-refractivity contribution is 7.85. The fourth-order valence-corrected chi connectivity index (χ4v) is 3.40. The summed E-state index contributed by atoms with van der Waals surface area (Å²) >= 11 is 0. The van der Waals surface area contributed by atoms with Crippen LogP contribution in [0.2, 0.25) is 0 Å². The smallest absolute Gasteiger partial charge is 0.438 e. The van der Waals surface area contributed by atoms with E-state index in [9.17, 15) is 54.0 Å². The van der Waals surface area contributed by atoms with E-state index >= 15 is 0 Å². The van der Waals surface area contributed by atoms with Gasteiger partial charge in [0.25, 0.3) is 0 Å². The van der Waals surface area contributed by atoms with Gasteiger partial charge >= 0.3 is 29.9 Å². The molecule has 2 rings (SSSR count). The summed E-state index contributed by atoms with van der Waals surface area (Å²) in [5.41, 5.74) is -7.91. The van der Waals surface area contributed by atoms with Gasteiger partial charge in [-0.3, -0.25) is 0 Å². The molecule has 2 aromatic carbocycles. The monoisotopic (exact) mass is 459 g/mol. The lowest BCUT2D eigenvalue weighted by atomic mass is 10.00. The van der Waals surface area contributed by atoms with Gasteiger partial charge in [-0.1, -0.05) is 24.3 Å². The third-order valence-corrected chi connectivity index (χ3v) is 4.66. The van der Waals surface area contributed by atoms with Crippen LogP contribution < -0.4 is 0 Å². The number of fused-ring (bicyclic) bond motifs is 1. The Morgan fingerprint density at radius 2 is 1.37 bits per heavy atom. The molecule has 0 amide bonds. The van der Waals surface area contributed by atoms with Crippen LogP contribution >= 0.6 is 0 Å². The number of rotatable bonds is 5. The molecule has 30 heavy (non-hydrogen) atoms. The van der Waals surface area contributed by atoms with Gasteiger partial charge in [-0.15, -0.1) is 0 Å². The van der Waals surface area contributed by atoms with E-state index in [4.69, 9.17) is 0 Å². The lowest BCUT2D eigenvalue weighted by Crippen LogP contribution is -2.63. The number of carboxylic acids is 1. The number of carbonyl (C=O) groups excluding carboxylic acids is 1. The molecule has 0 radical (unpaired) electrons. The molecular formula is C16H9F6O7S-. The van der Waals surface area contributed by atoms with Crippen LogP contribution in [0.1, 0.15) is 20.7 Å². The zero-order valence-corrected chi connectivity index (χ0v) is 15.1. The van der Waals surface area contributed by atoms with E-state index in [0.717, 1.165) is 6.07 Å². The summed E-state index contributed by atoms with van der Waals surface area (Å²) in [6, 6.07) is 6.95. The van der Waals surface area contributed by atoms with Crippen molar-refractivity contribution in [1.82, 2.24) is 0 Å². The average Bonchev–Trinajstić information content (AvgIpc) is 2.56. The van der Waals surface area contributed by atoms with Crippen molar-refractivity contribution in [2.75, 3.05) is 5.75 Å². The molecule has 0 aliphatic carbocycles. The summed E-state index contributed by atoms with van der Waals surface area (Å²) in [6.07, 6.45) is -13.1. The SMILES string of the molecule is O=C(O)c1cc2ccccc2cc1C(=O)OC(CS(=O)(=O)[O-])(C(F)(F)F)C(F)(F)F. The van der Waals surface area contributed by atoms with Gasteiger partial charge in [0.2, 0.25) is 0 Å². The van der Waals surface area contributed by atoms with E-state index in [1.54, 1.807) is 0 Å². The Morgan fingerprint density at radius 1 is 0.933 bits per heavy atom. The second-order valence-electron chi connectivity index (χ2n) is 5.96. The van der Waals surface area contributed by atoms with Crippen LogP contribution in [0.5, 0.6) is 0 Å². The van der Waals surface area contributed by atoms with Crippen molar-refractivity contribution < 1.29 is 58.7 Å². The minimum absolute atomic E-state index is 0.0653. The summed E-state index contributed by atoms with van der Waals surface area (Å²) in [7, 11) is -6.22. The summed E-state index contributed by atoms with van der Waals surface area (Å²) in [5.74, 6) is -7.50. The van der Waals surface area contributed by atoms with Gasteiger partial charge in [0, 0.05) is 0 Å². The van der Waals surface area contributed by atoms with Crippen molar-refractivity contribution >= 4 is 32.8 Å². The van der Waals surface area contributed by atoms with Crippen LogP contribution in [-0.4, -0.2) is 53.7 Å². The molecule has 2 aromatic rings. The molecule has 0 saturated heterocycles. The lowest BCUT2D eigenvalue weighted by Gasteiger charge is -2.37. The molecule has 164 valence electrons. The van der Waals surface area contributed by atoms with Crippen LogP contribution in [0.4, 0.5) is 26.3 Å². The van der Waals surface area contributed by atoms with Crippen molar-refractivity contribution in [3.63, 3.8) is 0 Å². The Morgan fingerprint density at radius 3 is 1.73 bits per heavy atom. The first kappa shape index (κ1) is 23.4. The first-order chi connectivity index (χ1) is 13.5. The quantitative estimate of drug-likeness (QED) is 0.414. The molecule has 0 bridgehead atoms. The molecular weight excluding hydrogens is 450 g/mol. The lowest BCUT2D eigenvalue weighted by molar-refractivity contribution is -0.356. The molecule has 7 nitrogen and oxygen atoms in total. The summed E-state index contributed by atoms with van der Waals surface area (Å²) < 4.78 is 115. The molecule has 0 atom stereocenters. The molecule has 0 saturated carbocycles. The molecule has 0 spiro atoms. The van der Waals surface area contributed by atoms with Gasteiger partial charge < -0.3 is 14.4 Å². The van der Waals surface area contributed by atoms with E-state index in [1.807, 2.05) is 0 Å². The molecule has 0 aliphatic rings. The van der Waals surface area contributed by atoms with Gasteiger partial charge in [-0.25, -0.2) is 18.0 Å². The fourth-order valence-electron chi connectivity index (χ4n) is 2.52. The number of alkyl halides is 6. The topological polar surface area (TPSA) is 121 Å². The van der Waals surface area contributed by atoms with Gasteiger partial charge in [0.15, 0.2) is 0 Å². The van der Waals surface area contributed by atoms with Crippen molar-refractivity contribution in [3.8, 4) is 0 Å². The molecule has 0 aromatic heterocycles. The van der Waals surface area contributed by atoms with Crippen molar-refractivity contribution in [2.45, 2.75) is 18.0 Å². The summed E-state index contributed by atoms with van der Waals surface area (Å²) in [5, 5.41) is 9.43. The Hall–Kier alpha value is -2.87. The van der Waals surface area contributed by atoms with Crippen LogP contribution in [-0.2, 0) is 14.9 Å². The van der Waals surface area contributed by atoms with Crippen LogP contribution in [0.25, 0.3) is 10.8 Å². The minimum atomic E-state index is -6.57. The number of carbonyl (C=O) groups is 2. The normalized spacial score (nSPS) is 13.3. The predicted molar refractivity (Wildman–Crippen MR) is 85.7 cm³/mol. The van der Waals surface area contributed by atoms with Crippen LogP contribution in [0.15, 0.2) is 36.4 Å². The third-order valence-electron chi connectivity index (χ3n) is 3.90. The number of aromatic carboxylic acids is 1. The summed E-state index contributed by atoms with van der Waals surface area (Å²) in [6.45, 7) is 0. The van der Waals surface area contributed by atoms with E-state index < -0.39 is 56.9 Å². The number of esters is 1. The van der Waals surface area contributed by atoms with E-state index in [0.29, 0.717) is 6.07 Å². The molecule has 0 heterocycles. The molecule has 0 aliphatic heterocycles. The number of hydrogen-bond acceptors (Lipinski definition) is 6. The second-order valence-corrected chi connectivity index (χ2v) is 7.37. The highest BCUT2D eigenvalue weighted by atomic mass is 32.2. The Balaban J connectivity index is 2.71. The first-order valence-corrected chi connectivity index (χ1v) is 9.13. The third kappa shape index (κ3) is 4.48. The Labute approximate surface area is 163 Å². The van der Waals surface area contributed by atoms with E-state index in [1.165, 1.54) is 24.3 Å². The second kappa shape index (κ2) is 7.43. The maximum absolute atomic E-state index is 13.3. The number of carboxylic acid groups (broad SMARTS) is 1. The number of benzene rings is 2. The largest absolute Gasteiger partial charge is 0.748 e. The fraction of sp³-hybridized carbons (Fsp3) is 0.250. The zero-order valence-electron chi connectivity index (χ0n) is 14.2. The van der Waals surface area contributed by atoms with Gasteiger partial charge in [-0.2, -0.15) is 26.3 Å². The maximum Gasteiger partial charge on any atom is 0.438 e. The van der Waals surface area contributed by atoms with Gasteiger partial charge in [0.05, 0.1) is 27.0 Å². The van der Waals surface area contributed by atoms with Crippen molar-refractivity contribution in [1.29, 1.82) is 0 Å². The Bertz CT molecular complexity index is 1090. The van der Waals surface area contributed by atoms with E-state index in [2.05, 4.69) is 4.74 Å². The number of ether oxygens (including phenoxy) is 1. The molecule has 0 unspecified atom stereocenters.